The van der Waals surface area contributed by atoms with Crippen molar-refractivity contribution in [3.8, 4) is 5.95 Å². The molecule has 0 fully saturated rings. The second-order valence-electron chi connectivity index (χ2n) is 3.99. The van der Waals surface area contributed by atoms with Crippen LogP contribution in [-0.2, 0) is 4.74 Å². The van der Waals surface area contributed by atoms with Crippen molar-refractivity contribution in [3.63, 3.8) is 0 Å². The van der Waals surface area contributed by atoms with Crippen LogP contribution in [0.1, 0.15) is 23.1 Å². The molecule has 2 rings (SSSR count). The molecule has 2 heterocycles. The van der Waals surface area contributed by atoms with Crippen LogP contribution in [0.5, 0.6) is 0 Å². The summed E-state index contributed by atoms with van der Waals surface area (Å²) < 4.78 is 6.17. The first kappa shape index (κ1) is 14.4. The molecular formula is C11H9B3N4O2. The van der Waals surface area contributed by atoms with Crippen LogP contribution >= 0.6 is 0 Å². The van der Waals surface area contributed by atoms with Gasteiger partial charge in [0, 0.05) is 5.69 Å². The van der Waals surface area contributed by atoms with E-state index in [4.69, 9.17) is 28.3 Å². The smallest absolute Gasteiger partial charge is 0.357 e. The largest absolute Gasteiger partial charge is 0.461 e. The number of aryl methyl sites for hydroxylation is 1. The van der Waals surface area contributed by atoms with Gasteiger partial charge in [0.05, 0.1) is 12.3 Å². The van der Waals surface area contributed by atoms with Gasteiger partial charge in [0.2, 0.25) is 5.95 Å². The van der Waals surface area contributed by atoms with Crippen LogP contribution in [0.3, 0.4) is 0 Å². The Labute approximate surface area is 120 Å². The van der Waals surface area contributed by atoms with Crippen molar-refractivity contribution < 1.29 is 9.53 Å². The molecule has 2 aromatic heterocycles. The van der Waals surface area contributed by atoms with E-state index in [0.717, 1.165) is 0 Å². The van der Waals surface area contributed by atoms with Gasteiger partial charge in [-0.25, -0.2) is 14.8 Å². The molecule has 0 spiro atoms. The number of ether oxygens (including phenoxy) is 1. The van der Waals surface area contributed by atoms with Gasteiger partial charge in [0.1, 0.15) is 15.7 Å². The Morgan fingerprint density at radius 1 is 1.30 bits per heavy atom. The summed E-state index contributed by atoms with van der Waals surface area (Å²) in [6.07, 6.45) is 0. The highest BCUT2D eigenvalue weighted by molar-refractivity contribution is 6.48. The van der Waals surface area contributed by atoms with E-state index >= 15 is 0 Å². The predicted octanol–water partition coefficient (Wildman–Crippen LogP) is -2.47. The van der Waals surface area contributed by atoms with Crippen molar-refractivity contribution in [2.45, 2.75) is 13.8 Å². The van der Waals surface area contributed by atoms with E-state index in [1.54, 1.807) is 13.8 Å². The molecule has 0 unspecified atom stereocenters. The van der Waals surface area contributed by atoms with Crippen LogP contribution < -0.4 is 16.9 Å². The molecule has 0 aromatic carbocycles. The zero-order valence-electron chi connectivity index (χ0n) is 11.1. The summed E-state index contributed by atoms with van der Waals surface area (Å²) in [5, 5.41) is 0. The van der Waals surface area contributed by atoms with Crippen molar-refractivity contribution in [1.82, 2.24) is 19.5 Å². The molecule has 0 amide bonds. The number of carbonyl (C=O) groups excluding carboxylic acids is 1. The average Bonchev–Trinajstić information content (AvgIpc) is 2.62. The molecule has 6 nitrogen and oxygen atoms in total. The van der Waals surface area contributed by atoms with E-state index in [9.17, 15) is 4.79 Å². The molecule has 20 heavy (non-hydrogen) atoms. The maximum Gasteiger partial charge on any atom is 0.357 e. The molecule has 0 aliphatic carbocycles. The average molecular weight is 262 g/mol. The Morgan fingerprint density at radius 3 is 2.55 bits per heavy atom. The summed E-state index contributed by atoms with van der Waals surface area (Å²) in [6, 6.07) is 1.51. The van der Waals surface area contributed by atoms with Gasteiger partial charge in [-0.1, -0.05) is 0 Å². The van der Waals surface area contributed by atoms with Crippen molar-refractivity contribution in [2.24, 2.45) is 0 Å². The molecular weight excluding hydrogens is 253 g/mol. The van der Waals surface area contributed by atoms with Crippen LogP contribution in [0.2, 0.25) is 0 Å². The topological polar surface area (TPSA) is 69.9 Å². The first-order chi connectivity index (χ1) is 9.43. The fourth-order valence-electron chi connectivity index (χ4n) is 1.64. The Kier molecular flexibility index (Phi) is 3.97. The third-order valence-electron chi connectivity index (χ3n) is 2.49. The molecule has 6 radical (unpaired) electrons. The van der Waals surface area contributed by atoms with Crippen LogP contribution in [0.15, 0.2) is 6.07 Å². The predicted molar refractivity (Wildman–Crippen MR) is 76.0 cm³/mol. The van der Waals surface area contributed by atoms with Gasteiger partial charge in [0.15, 0.2) is 13.5 Å². The number of nitrogens with zero attached hydrogens (tertiary/aromatic N) is 4. The van der Waals surface area contributed by atoms with Crippen LogP contribution in [0, 0.1) is 6.92 Å². The van der Waals surface area contributed by atoms with Crippen molar-refractivity contribution in [3.05, 3.63) is 17.5 Å². The van der Waals surface area contributed by atoms with Gasteiger partial charge in [-0.15, -0.1) is 0 Å². The van der Waals surface area contributed by atoms with Crippen molar-refractivity contribution in [2.75, 3.05) is 6.61 Å². The standard InChI is InChI=1S/C11H9B3N4O2/c1-3-20-9(19)6-4-5(2)15-11(16-6)18-8(13)7(12)17-10(18)14/h4H,3H2,1-2H3. The molecule has 0 N–H and O–H groups in total. The molecule has 0 saturated carbocycles. The molecule has 0 aliphatic rings. The Hall–Kier alpha value is -2.05. The third kappa shape index (κ3) is 2.61. The number of hydrogen-bond donors (Lipinski definition) is 0. The molecule has 0 bridgehead atoms. The van der Waals surface area contributed by atoms with E-state index in [2.05, 4.69) is 15.0 Å². The fourth-order valence-corrected chi connectivity index (χ4v) is 1.64. The highest BCUT2D eigenvalue weighted by Crippen LogP contribution is 2.05. The summed E-state index contributed by atoms with van der Waals surface area (Å²) in [5.74, 6) is -0.434. The van der Waals surface area contributed by atoms with Gasteiger partial charge in [-0.3, -0.25) is 9.55 Å². The Morgan fingerprint density at radius 2 is 2.00 bits per heavy atom. The van der Waals surface area contributed by atoms with E-state index in [1.165, 1.54) is 10.6 Å². The van der Waals surface area contributed by atoms with Crippen LogP contribution in [0.25, 0.3) is 5.95 Å². The fraction of sp³-hybridized carbons (Fsp3) is 0.273. The van der Waals surface area contributed by atoms with Crippen molar-refractivity contribution in [1.29, 1.82) is 0 Å². The van der Waals surface area contributed by atoms with Gasteiger partial charge in [-0.05, 0) is 31.1 Å². The molecule has 0 aliphatic heterocycles. The number of rotatable bonds is 3. The molecule has 0 atom stereocenters. The van der Waals surface area contributed by atoms with Gasteiger partial charge >= 0.3 is 5.97 Å². The normalized spacial score (nSPS) is 10.5. The van der Waals surface area contributed by atoms with Gasteiger partial charge < -0.3 is 4.74 Å². The number of esters is 1. The summed E-state index contributed by atoms with van der Waals surface area (Å²) in [6.45, 7) is 3.67. The maximum atomic E-state index is 11.7. The Bertz CT molecular complexity index is 672. The minimum absolute atomic E-state index is 0.0420. The zero-order chi connectivity index (χ0) is 14.9. The minimum Gasteiger partial charge on any atom is -0.461 e. The number of imidazole rings is 1. The Balaban J connectivity index is 2.55. The van der Waals surface area contributed by atoms with Crippen LogP contribution in [-0.4, -0.2) is 55.6 Å². The summed E-state index contributed by atoms with van der Waals surface area (Å²) in [4.78, 5) is 23.8. The van der Waals surface area contributed by atoms with Gasteiger partial charge in [0.25, 0.3) is 0 Å². The molecule has 2 aromatic rings. The number of aromatic nitrogens is 4. The third-order valence-corrected chi connectivity index (χ3v) is 2.49. The highest BCUT2D eigenvalue weighted by Gasteiger charge is 2.15. The molecule has 94 valence electrons. The van der Waals surface area contributed by atoms with E-state index < -0.39 is 5.97 Å². The first-order valence-electron chi connectivity index (χ1n) is 5.86. The van der Waals surface area contributed by atoms with E-state index in [-0.39, 0.29) is 35.2 Å². The van der Waals surface area contributed by atoms with E-state index in [0.29, 0.717) is 5.69 Å². The first-order valence-corrected chi connectivity index (χ1v) is 5.86. The lowest BCUT2D eigenvalue weighted by molar-refractivity contribution is 0.0519. The highest BCUT2D eigenvalue weighted by atomic mass is 16.5. The molecule has 0 saturated heterocycles. The minimum atomic E-state index is -0.551. The summed E-state index contributed by atoms with van der Waals surface area (Å²) in [7, 11) is 17.1. The number of carbonyl (C=O) groups is 1. The van der Waals surface area contributed by atoms with Crippen LogP contribution in [0.4, 0.5) is 0 Å². The summed E-state index contributed by atoms with van der Waals surface area (Å²) >= 11 is 0. The maximum absolute atomic E-state index is 11.7. The SMILES string of the molecule is [B]c1nc([B])n(-c2nc(C)cc(C(=O)OCC)n2)c1[B]. The second kappa shape index (κ2) is 5.52. The lowest BCUT2D eigenvalue weighted by atomic mass is 9.91. The lowest BCUT2D eigenvalue weighted by Gasteiger charge is -2.10. The van der Waals surface area contributed by atoms with Gasteiger partial charge in [-0.2, -0.15) is 0 Å². The number of hydrogen-bond acceptors (Lipinski definition) is 5. The van der Waals surface area contributed by atoms with E-state index in [1.807, 2.05) is 0 Å². The molecule has 9 heteroatoms. The monoisotopic (exact) mass is 262 g/mol. The quantitative estimate of drug-likeness (QED) is 0.452. The second-order valence-corrected chi connectivity index (χ2v) is 3.99. The lowest BCUT2D eigenvalue weighted by Crippen LogP contribution is -2.33. The van der Waals surface area contributed by atoms with Crippen molar-refractivity contribution >= 4 is 46.4 Å². The zero-order valence-corrected chi connectivity index (χ0v) is 11.1. The summed E-state index contributed by atoms with van der Waals surface area (Å²) in [5.41, 5.74) is 0.901.